The van der Waals surface area contributed by atoms with Gasteiger partial charge in [-0.25, -0.2) is 0 Å². The fraction of sp³-hybridized carbons (Fsp3) is 0.600. The second-order valence-corrected chi connectivity index (χ2v) is 3.37. The van der Waals surface area contributed by atoms with Crippen LogP contribution in [0.25, 0.3) is 0 Å². The number of rotatable bonds is 5. The average molecular weight is 195 g/mol. The van der Waals surface area contributed by atoms with Crippen molar-refractivity contribution in [2.24, 2.45) is 0 Å². The first-order valence-corrected chi connectivity index (χ1v) is 5.04. The van der Waals surface area contributed by atoms with Crippen molar-refractivity contribution < 1.29 is 4.79 Å². The highest BCUT2D eigenvalue weighted by Crippen LogP contribution is 2.01. The summed E-state index contributed by atoms with van der Waals surface area (Å²) in [6.45, 7) is 4.73. The monoisotopic (exact) mass is 195 g/mol. The minimum atomic E-state index is -0.0349. The van der Waals surface area contributed by atoms with Crippen LogP contribution in [0, 0.1) is 6.92 Å². The summed E-state index contributed by atoms with van der Waals surface area (Å²) in [5.74, 6) is -0.0349. The van der Waals surface area contributed by atoms with Crippen molar-refractivity contribution >= 4 is 5.91 Å². The molecule has 0 fully saturated rings. The van der Waals surface area contributed by atoms with Crippen LogP contribution in [-0.4, -0.2) is 22.6 Å². The lowest BCUT2D eigenvalue weighted by atomic mass is 10.2. The molecule has 0 aliphatic heterocycles. The molecule has 1 aromatic heterocycles. The summed E-state index contributed by atoms with van der Waals surface area (Å²) in [5, 5.41) is 9.40. The third kappa shape index (κ3) is 2.87. The number of unbranched alkanes of at least 4 members (excludes halogenated alkanes) is 2. The van der Waals surface area contributed by atoms with Gasteiger partial charge in [0.2, 0.25) is 0 Å². The third-order valence-corrected chi connectivity index (χ3v) is 2.14. The van der Waals surface area contributed by atoms with E-state index in [1.165, 1.54) is 6.42 Å². The highest BCUT2D eigenvalue weighted by atomic mass is 16.1. The van der Waals surface area contributed by atoms with Crippen LogP contribution in [0.2, 0.25) is 0 Å². The summed E-state index contributed by atoms with van der Waals surface area (Å²) in [6.07, 6.45) is 4.93. The van der Waals surface area contributed by atoms with Gasteiger partial charge in [0.1, 0.15) is 0 Å². The predicted octanol–water partition coefficient (Wildman–Crippen LogP) is 1.64. The van der Waals surface area contributed by atoms with Crippen molar-refractivity contribution in [3.8, 4) is 0 Å². The van der Waals surface area contributed by atoms with Crippen LogP contribution in [0.4, 0.5) is 0 Å². The smallest absolute Gasteiger partial charge is 0.254 e. The fourth-order valence-corrected chi connectivity index (χ4v) is 1.25. The first-order valence-electron chi connectivity index (χ1n) is 5.04. The Hall–Kier alpha value is -1.32. The minimum Gasteiger partial charge on any atom is -0.352 e. The standard InChI is InChI=1S/C10H17N3O/c1-3-4-5-6-11-10(14)9-7-12-13-8(9)2/h7H,3-6H2,1-2H3,(H,11,14)(H,12,13). The van der Waals surface area contributed by atoms with E-state index in [1.807, 2.05) is 6.92 Å². The van der Waals surface area contributed by atoms with Gasteiger partial charge >= 0.3 is 0 Å². The molecule has 2 N–H and O–H groups in total. The molecule has 0 radical (unpaired) electrons. The number of hydrogen-bond acceptors (Lipinski definition) is 2. The Morgan fingerprint density at radius 2 is 2.36 bits per heavy atom. The van der Waals surface area contributed by atoms with Crippen molar-refractivity contribution in [2.75, 3.05) is 6.54 Å². The van der Waals surface area contributed by atoms with Crippen molar-refractivity contribution in [1.29, 1.82) is 0 Å². The zero-order valence-corrected chi connectivity index (χ0v) is 8.76. The second kappa shape index (κ2) is 5.42. The van der Waals surface area contributed by atoms with Crippen LogP contribution < -0.4 is 5.32 Å². The van der Waals surface area contributed by atoms with Crippen LogP contribution in [0.5, 0.6) is 0 Å². The Kier molecular flexibility index (Phi) is 4.16. The molecule has 1 rings (SSSR count). The van der Waals surface area contributed by atoms with E-state index in [4.69, 9.17) is 0 Å². The zero-order chi connectivity index (χ0) is 10.4. The molecule has 0 unspecified atom stereocenters. The zero-order valence-electron chi connectivity index (χ0n) is 8.76. The van der Waals surface area contributed by atoms with Gasteiger partial charge in [-0.3, -0.25) is 9.89 Å². The van der Waals surface area contributed by atoms with Gasteiger partial charge in [0.05, 0.1) is 11.8 Å². The SMILES string of the molecule is CCCCCNC(=O)c1cn[nH]c1C. The van der Waals surface area contributed by atoms with Crippen LogP contribution in [0.3, 0.4) is 0 Å². The topological polar surface area (TPSA) is 57.8 Å². The highest BCUT2D eigenvalue weighted by molar-refractivity contribution is 5.94. The molecule has 0 aliphatic rings. The van der Waals surface area contributed by atoms with Crippen LogP contribution in [0.1, 0.15) is 42.2 Å². The van der Waals surface area contributed by atoms with E-state index in [1.54, 1.807) is 6.20 Å². The van der Waals surface area contributed by atoms with Gasteiger partial charge in [0.15, 0.2) is 0 Å². The molecule has 4 heteroatoms. The van der Waals surface area contributed by atoms with Crippen molar-refractivity contribution in [1.82, 2.24) is 15.5 Å². The van der Waals surface area contributed by atoms with Crippen LogP contribution in [-0.2, 0) is 0 Å². The molecule has 0 saturated carbocycles. The van der Waals surface area contributed by atoms with Gasteiger partial charge in [-0.15, -0.1) is 0 Å². The maximum Gasteiger partial charge on any atom is 0.254 e. The van der Waals surface area contributed by atoms with E-state index >= 15 is 0 Å². The molecule has 4 nitrogen and oxygen atoms in total. The van der Waals surface area contributed by atoms with E-state index < -0.39 is 0 Å². The Balaban J connectivity index is 2.32. The lowest BCUT2D eigenvalue weighted by Gasteiger charge is -2.02. The minimum absolute atomic E-state index is 0.0349. The number of carbonyl (C=O) groups is 1. The van der Waals surface area contributed by atoms with Gasteiger partial charge in [0, 0.05) is 12.2 Å². The van der Waals surface area contributed by atoms with E-state index in [0.717, 1.165) is 25.1 Å². The highest BCUT2D eigenvalue weighted by Gasteiger charge is 2.08. The summed E-state index contributed by atoms with van der Waals surface area (Å²) in [7, 11) is 0. The summed E-state index contributed by atoms with van der Waals surface area (Å²) >= 11 is 0. The normalized spacial score (nSPS) is 10.1. The first-order chi connectivity index (χ1) is 6.75. The van der Waals surface area contributed by atoms with Crippen LogP contribution >= 0.6 is 0 Å². The molecular weight excluding hydrogens is 178 g/mol. The molecular formula is C10H17N3O. The van der Waals surface area contributed by atoms with Gasteiger partial charge in [-0.05, 0) is 13.3 Å². The number of H-pyrrole nitrogens is 1. The Labute approximate surface area is 84.1 Å². The number of aromatic amines is 1. The summed E-state index contributed by atoms with van der Waals surface area (Å²) in [5.41, 5.74) is 1.46. The first kappa shape index (κ1) is 10.8. The molecule has 0 spiro atoms. The van der Waals surface area contributed by atoms with E-state index in [0.29, 0.717) is 5.56 Å². The van der Waals surface area contributed by atoms with E-state index in [2.05, 4.69) is 22.4 Å². The Morgan fingerprint density at radius 3 is 2.93 bits per heavy atom. The van der Waals surface area contributed by atoms with Crippen molar-refractivity contribution in [3.63, 3.8) is 0 Å². The number of hydrogen-bond donors (Lipinski definition) is 2. The van der Waals surface area contributed by atoms with Gasteiger partial charge in [-0.2, -0.15) is 5.10 Å². The molecule has 0 bridgehead atoms. The summed E-state index contributed by atoms with van der Waals surface area (Å²) < 4.78 is 0. The number of aryl methyl sites for hydroxylation is 1. The predicted molar refractivity (Wildman–Crippen MR) is 55.2 cm³/mol. The number of aromatic nitrogens is 2. The molecule has 14 heavy (non-hydrogen) atoms. The average Bonchev–Trinajstić information content (AvgIpc) is 2.59. The number of nitrogens with zero attached hydrogens (tertiary/aromatic N) is 1. The van der Waals surface area contributed by atoms with Crippen molar-refractivity contribution in [2.45, 2.75) is 33.1 Å². The molecule has 0 aliphatic carbocycles. The Bertz CT molecular complexity index is 293. The lowest BCUT2D eigenvalue weighted by Crippen LogP contribution is -2.24. The van der Waals surface area contributed by atoms with Gasteiger partial charge < -0.3 is 5.32 Å². The fourth-order valence-electron chi connectivity index (χ4n) is 1.25. The maximum atomic E-state index is 11.5. The van der Waals surface area contributed by atoms with E-state index in [-0.39, 0.29) is 5.91 Å². The summed E-state index contributed by atoms with van der Waals surface area (Å²) in [6, 6.07) is 0. The largest absolute Gasteiger partial charge is 0.352 e. The third-order valence-electron chi connectivity index (χ3n) is 2.14. The molecule has 0 aromatic carbocycles. The number of amides is 1. The quantitative estimate of drug-likeness (QED) is 0.702. The van der Waals surface area contributed by atoms with Gasteiger partial charge in [-0.1, -0.05) is 19.8 Å². The Morgan fingerprint density at radius 1 is 1.57 bits per heavy atom. The molecule has 0 saturated heterocycles. The molecule has 0 atom stereocenters. The van der Waals surface area contributed by atoms with E-state index in [9.17, 15) is 4.79 Å². The second-order valence-electron chi connectivity index (χ2n) is 3.37. The lowest BCUT2D eigenvalue weighted by molar-refractivity contribution is 0.0952. The molecule has 1 amide bonds. The molecule has 1 aromatic rings. The molecule has 1 heterocycles. The number of nitrogens with one attached hydrogen (secondary N) is 2. The van der Waals surface area contributed by atoms with Gasteiger partial charge in [0.25, 0.3) is 5.91 Å². The molecule has 78 valence electrons. The number of carbonyl (C=O) groups excluding carboxylic acids is 1. The van der Waals surface area contributed by atoms with Crippen LogP contribution in [0.15, 0.2) is 6.20 Å². The summed E-state index contributed by atoms with van der Waals surface area (Å²) in [4.78, 5) is 11.5. The van der Waals surface area contributed by atoms with Crippen molar-refractivity contribution in [3.05, 3.63) is 17.5 Å². The maximum absolute atomic E-state index is 11.5.